The second-order valence-corrected chi connectivity index (χ2v) is 3.97. The molecule has 1 aliphatic heterocycles. The van der Waals surface area contributed by atoms with Crippen LogP contribution in [0.25, 0.3) is 0 Å². The number of carbonyl (C=O) groups excluding carboxylic acids is 1. The highest BCUT2D eigenvalue weighted by Crippen LogP contribution is 2.20. The highest BCUT2D eigenvalue weighted by molar-refractivity contribution is 5.69. The molecule has 0 aromatic rings. The molecule has 0 amide bonds. The lowest BCUT2D eigenvalue weighted by Gasteiger charge is -2.37. The van der Waals surface area contributed by atoms with E-state index in [2.05, 4.69) is 0 Å². The van der Waals surface area contributed by atoms with E-state index in [9.17, 15) is 25.2 Å². The van der Waals surface area contributed by atoms with Crippen molar-refractivity contribution in [2.75, 3.05) is 6.61 Å². The van der Waals surface area contributed by atoms with Gasteiger partial charge in [-0.25, -0.2) is 0 Å². The van der Waals surface area contributed by atoms with Gasteiger partial charge in [0.2, 0.25) is 0 Å². The Kier molecular flexibility index (Phi) is 5.29. The maximum Gasteiger partial charge on any atom is 0.305 e. The normalized spacial score (nSPS) is 37.8. The molecule has 17 heavy (non-hydrogen) atoms. The largest absolute Gasteiger partial charge is 0.463 e. The Labute approximate surface area is 98.6 Å². The summed E-state index contributed by atoms with van der Waals surface area (Å²) < 4.78 is 9.62. The molecule has 4 N–H and O–H groups in total. The van der Waals surface area contributed by atoms with E-state index >= 15 is 0 Å². The molecule has 100 valence electrons. The second-order valence-electron chi connectivity index (χ2n) is 3.97. The van der Waals surface area contributed by atoms with E-state index in [-0.39, 0.29) is 13.0 Å². The molecule has 0 bridgehead atoms. The number of ether oxygens (including phenoxy) is 2. The van der Waals surface area contributed by atoms with Crippen LogP contribution in [-0.2, 0) is 14.3 Å². The summed E-state index contributed by atoms with van der Waals surface area (Å²) in [4.78, 5) is 11.1. The van der Waals surface area contributed by atoms with Crippen LogP contribution < -0.4 is 0 Å². The maximum atomic E-state index is 11.1. The lowest BCUT2D eigenvalue weighted by molar-refractivity contribution is -0.287. The van der Waals surface area contributed by atoms with Crippen molar-refractivity contribution in [3.63, 3.8) is 0 Å². The van der Waals surface area contributed by atoms with Crippen LogP contribution >= 0.6 is 0 Å². The predicted octanol–water partition coefficient (Wildman–Crippen LogP) is -1.87. The quantitative estimate of drug-likeness (QED) is 0.432. The van der Waals surface area contributed by atoms with Crippen molar-refractivity contribution >= 4 is 5.97 Å². The molecule has 0 aliphatic carbocycles. The van der Waals surface area contributed by atoms with Gasteiger partial charge in [0.05, 0.1) is 0 Å². The fraction of sp³-hybridized carbons (Fsp3) is 0.900. The SMILES string of the molecule is CCCC(=O)OC[C@H]1O[C@H](O)[C@H](O)[C@@H](O)[C@@H]1O. The standard InChI is InChI=1S/C10H18O7/c1-2-3-6(11)16-4-5-7(12)8(13)9(14)10(15)17-5/h5,7-10,12-15H,2-4H2,1H3/t5-,7-,8+,9-,10+/m1/s1. The highest BCUT2D eigenvalue weighted by atomic mass is 16.6. The number of esters is 1. The van der Waals surface area contributed by atoms with Crippen molar-refractivity contribution in [3.8, 4) is 0 Å². The number of hydrogen-bond acceptors (Lipinski definition) is 7. The van der Waals surface area contributed by atoms with E-state index in [4.69, 9.17) is 9.47 Å². The summed E-state index contributed by atoms with van der Waals surface area (Å²) in [5.74, 6) is -0.446. The topological polar surface area (TPSA) is 116 Å². The molecule has 7 heteroatoms. The molecule has 1 aliphatic rings. The van der Waals surface area contributed by atoms with Crippen molar-refractivity contribution in [2.45, 2.75) is 50.5 Å². The van der Waals surface area contributed by atoms with Gasteiger partial charge in [-0.3, -0.25) is 4.79 Å². The monoisotopic (exact) mass is 250 g/mol. The smallest absolute Gasteiger partial charge is 0.305 e. The van der Waals surface area contributed by atoms with Crippen molar-refractivity contribution in [2.24, 2.45) is 0 Å². The Morgan fingerprint density at radius 1 is 1.18 bits per heavy atom. The molecule has 0 spiro atoms. The van der Waals surface area contributed by atoms with Crippen LogP contribution in [0.15, 0.2) is 0 Å². The fourth-order valence-electron chi connectivity index (χ4n) is 1.52. The second kappa shape index (κ2) is 6.27. The minimum atomic E-state index is -1.61. The third-order valence-corrected chi connectivity index (χ3v) is 2.55. The lowest BCUT2D eigenvalue weighted by atomic mass is 9.99. The summed E-state index contributed by atoms with van der Waals surface area (Å²) >= 11 is 0. The van der Waals surface area contributed by atoms with Crippen LogP contribution in [0.1, 0.15) is 19.8 Å². The van der Waals surface area contributed by atoms with Crippen LogP contribution in [0, 0.1) is 0 Å². The van der Waals surface area contributed by atoms with Crippen LogP contribution in [0.3, 0.4) is 0 Å². The molecule has 1 heterocycles. The zero-order valence-electron chi connectivity index (χ0n) is 9.52. The number of carbonyl (C=O) groups is 1. The number of hydrogen-bond donors (Lipinski definition) is 4. The van der Waals surface area contributed by atoms with Crippen molar-refractivity contribution in [1.29, 1.82) is 0 Å². The molecule has 0 radical (unpaired) electrons. The van der Waals surface area contributed by atoms with Crippen LogP contribution in [0.4, 0.5) is 0 Å². The molecule has 0 saturated carbocycles. The maximum absolute atomic E-state index is 11.1. The molecule has 0 aromatic carbocycles. The summed E-state index contributed by atoms with van der Waals surface area (Å²) in [5.41, 5.74) is 0. The minimum Gasteiger partial charge on any atom is -0.463 e. The average molecular weight is 250 g/mol. The van der Waals surface area contributed by atoms with E-state index in [1.807, 2.05) is 6.92 Å². The average Bonchev–Trinajstić information content (AvgIpc) is 2.30. The molecular weight excluding hydrogens is 232 g/mol. The molecule has 1 saturated heterocycles. The van der Waals surface area contributed by atoms with Gasteiger partial charge in [0.25, 0.3) is 0 Å². The summed E-state index contributed by atoms with van der Waals surface area (Å²) in [6.07, 6.45) is -6.30. The van der Waals surface area contributed by atoms with E-state index in [1.165, 1.54) is 0 Å². The third-order valence-electron chi connectivity index (χ3n) is 2.55. The Hall–Kier alpha value is -0.730. The Morgan fingerprint density at radius 2 is 1.82 bits per heavy atom. The van der Waals surface area contributed by atoms with Crippen LogP contribution in [0.2, 0.25) is 0 Å². The first kappa shape index (κ1) is 14.3. The molecule has 1 rings (SSSR count). The minimum absolute atomic E-state index is 0.247. The van der Waals surface area contributed by atoms with Gasteiger partial charge in [0.1, 0.15) is 31.0 Å². The summed E-state index contributed by atoms with van der Waals surface area (Å²) in [6.45, 7) is 1.54. The molecule has 7 nitrogen and oxygen atoms in total. The Bertz CT molecular complexity index is 257. The summed E-state index contributed by atoms with van der Waals surface area (Å²) in [6, 6.07) is 0. The zero-order valence-corrected chi connectivity index (χ0v) is 9.52. The van der Waals surface area contributed by atoms with E-state index in [0.29, 0.717) is 6.42 Å². The van der Waals surface area contributed by atoms with Gasteiger partial charge in [-0.2, -0.15) is 0 Å². The van der Waals surface area contributed by atoms with E-state index in [0.717, 1.165) is 0 Å². The van der Waals surface area contributed by atoms with Crippen molar-refractivity contribution < 1.29 is 34.7 Å². The van der Waals surface area contributed by atoms with E-state index in [1.54, 1.807) is 0 Å². The number of rotatable bonds is 4. The molecule has 0 unspecified atom stereocenters. The fourth-order valence-corrected chi connectivity index (χ4v) is 1.52. The summed E-state index contributed by atoms with van der Waals surface area (Å²) in [7, 11) is 0. The molecule has 5 atom stereocenters. The van der Waals surface area contributed by atoms with Gasteiger partial charge in [-0.1, -0.05) is 6.92 Å². The molecule has 1 fully saturated rings. The van der Waals surface area contributed by atoms with Crippen LogP contribution in [-0.4, -0.2) is 63.7 Å². The highest BCUT2D eigenvalue weighted by Gasteiger charge is 2.43. The van der Waals surface area contributed by atoms with Crippen LogP contribution in [0.5, 0.6) is 0 Å². The van der Waals surface area contributed by atoms with Crippen molar-refractivity contribution in [3.05, 3.63) is 0 Å². The first-order valence-electron chi connectivity index (χ1n) is 5.50. The third kappa shape index (κ3) is 3.62. The van der Waals surface area contributed by atoms with Gasteiger partial charge in [-0.05, 0) is 6.42 Å². The van der Waals surface area contributed by atoms with Gasteiger partial charge >= 0.3 is 5.97 Å². The van der Waals surface area contributed by atoms with Gasteiger partial charge < -0.3 is 29.9 Å². The first-order valence-corrected chi connectivity index (χ1v) is 5.50. The van der Waals surface area contributed by atoms with Gasteiger partial charge in [-0.15, -0.1) is 0 Å². The van der Waals surface area contributed by atoms with E-state index < -0.39 is 36.7 Å². The number of aliphatic hydroxyl groups excluding tert-OH is 4. The lowest BCUT2D eigenvalue weighted by Crippen LogP contribution is -2.58. The molecule has 0 aromatic heterocycles. The van der Waals surface area contributed by atoms with Gasteiger partial charge in [0, 0.05) is 6.42 Å². The number of aliphatic hydroxyl groups is 4. The zero-order chi connectivity index (χ0) is 13.0. The summed E-state index contributed by atoms with van der Waals surface area (Å²) in [5, 5.41) is 37.3. The Morgan fingerprint density at radius 3 is 2.41 bits per heavy atom. The first-order chi connectivity index (χ1) is 7.97. The van der Waals surface area contributed by atoms with Gasteiger partial charge in [0.15, 0.2) is 6.29 Å². The van der Waals surface area contributed by atoms with Crippen molar-refractivity contribution in [1.82, 2.24) is 0 Å². The molecular formula is C10H18O7. The predicted molar refractivity (Wildman–Crippen MR) is 54.8 cm³/mol. The Balaban J connectivity index is 2.45.